The topological polar surface area (TPSA) is 66.5 Å². The fraction of sp³-hybridized carbons (Fsp3) is 0.400. The summed E-state index contributed by atoms with van der Waals surface area (Å²) in [5, 5.41) is 2.35. The Bertz CT molecular complexity index is 650. The van der Waals surface area contributed by atoms with E-state index in [9.17, 15) is 14.4 Å². The van der Waals surface area contributed by atoms with Gasteiger partial charge in [-0.05, 0) is 43.5 Å². The van der Waals surface area contributed by atoms with Crippen molar-refractivity contribution in [3.05, 3.63) is 28.2 Å². The lowest BCUT2D eigenvalue weighted by molar-refractivity contribution is -0.142. The van der Waals surface area contributed by atoms with Gasteiger partial charge in [0, 0.05) is 4.47 Å². The molecule has 110 valence electrons. The molecule has 1 aromatic carbocycles. The van der Waals surface area contributed by atoms with Crippen molar-refractivity contribution in [2.75, 3.05) is 4.90 Å². The zero-order valence-electron chi connectivity index (χ0n) is 11.6. The summed E-state index contributed by atoms with van der Waals surface area (Å²) in [4.78, 5) is 38.3. The zero-order chi connectivity index (χ0) is 15.2. The number of nitrogens with one attached hydrogen (secondary N) is 1. The standard InChI is InChI=1S/C15H15BrN2O3/c1-9-8-10(16)4-5-11(9)18-13(20)15(6-2-3-7-15)12(19)17-14(18)21/h4-5,8H,2-3,6-7H2,1H3,(H,17,19,21). The number of aryl methyl sites for hydroxylation is 1. The van der Waals surface area contributed by atoms with Gasteiger partial charge >= 0.3 is 6.03 Å². The molecule has 1 aliphatic carbocycles. The van der Waals surface area contributed by atoms with Crippen LogP contribution in [-0.4, -0.2) is 17.8 Å². The molecule has 0 atom stereocenters. The van der Waals surface area contributed by atoms with E-state index in [4.69, 9.17) is 0 Å². The monoisotopic (exact) mass is 350 g/mol. The molecular formula is C15H15BrN2O3. The number of imide groups is 2. The van der Waals surface area contributed by atoms with Gasteiger partial charge in [0.15, 0.2) is 0 Å². The summed E-state index contributed by atoms with van der Waals surface area (Å²) in [6.07, 6.45) is 2.69. The largest absolute Gasteiger partial charge is 0.335 e. The van der Waals surface area contributed by atoms with Crippen LogP contribution >= 0.6 is 15.9 Å². The van der Waals surface area contributed by atoms with Crippen LogP contribution in [0.5, 0.6) is 0 Å². The van der Waals surface area contributed by atoms with Crippen molar-refractivity contribution in [2.24, 2.45) is 5.41 Å². The molecule has 3 rings (SSSR count). The summed E-state index contributed by atoms with van der Waals surface area (Å²) < 4.78 is 0.875. The Labute approximate surface area is 130 Å². The molecule has 0 radical (unpaired) electrons. The van der Waals surface area contributed by atoms with Gasteiger partial charge in [-0.25, -0.2) is 9.69 Å². The highest BCUT2D eigenvalue weighted by Crippen LogP contribution is 2.43. The normalized spacial score (nSPS) is 21.0. The van der Waals surface area contributed by atoms with Crippen molar-refractivity contribution in [2.45, 2.75) is 32.6 Å². The van der Waals surface area contributed by atoms with Crippen LogP contribution in [0.1, 0.15) is 31.2 Å². The van der Waals surface area contributed by atoms with E-state index in [1.165, 1.54) is 0 Å². The molecular weight excluding hydrogens is 336 g/mol. The third-order valence-electron chi connectivity index (χ3n) is 4.33. The molecule has 1 heterocycles. The number of carbonyl (C=O) groups excluding carboxylic acids is 3. The molecule has 1 aromatic rings. The predicted octanol–water partition coefficient (Wildman–Crippen LogP) is 2.90. The summed E-state index contributed by atoms with van der Waals surface area (Å²) in [6.45, 7) is 1.83. The summed E-state index contributed by atoms with van der Waals surface area (Å²) in [7, 11) is 0. The van der Waals surface area contributed by atoms with Crippen LogP contribution in [0.15, 0.2) is 22.7 Å². The molecule has 1 spiro atoms. The van der Waals surface area contributed by atoms with Gasteiger partial charge in [-0.1, -0.05) is 28.8 Å². The number of hydrogen-bond donors (Lipinski definition) is 1. The van der Waals surface area contributed by atoms with E-state index in [0.717, 1.165) is 27.8 Å². The molecule has 1 saturated carbocycles. The highest BCUT2D eigenvalue weighted by Gasteiger charge is 2.55. The Morgan fingerprint density at radius 1 is 1.19 bits per heavy atom. The highest BCUT2D eigenvalue weighted by atomic mass is 79.9. The number of hydrogen-bond acceptors (Lipinski definition) is 3. The first-order chi connectivity index (χ1) is 9.95. The van der Waals surface area contributed by atoms with Crippen LogP contribution < -0.4 is 10.2 Å². The van der Waals surface area contributed by atoms with E-state index in [2.05, 4.69) is 21.2 Å². The van der Waals surface area contributed by atoms with Crippen molar-refractivity contribution < 1.29 is 14.4 Å². The third kappa shape index (κ3) is 2.09. The molecule has 2 aliphatic rings. The van der Waals surface area contributed by atoms with Gasteiger partial charge in [0.1, 0.15) is 5.41 Å². The molecule has 6 heteroatoms. The Kier molecular flexibility index (Phi) is 3.36. The molecule has 1 saturated heterocycles. The Morgan fingerprint density at radius 2 is 1.86 bits per heavy atom. The molecule has 0 unspecified atom stereocenters. The summed E-state index contributed by atoms with van der Waals surface area (Å²) in [5.41, 5.74) is 0.266. The quantitative estimate of drug-likeness (QED) is 0.792. The maximum atomic E-state index is 12.8. The zero-order valence-corrected chi connectivity index (χ0v) is 13.2. The van der Waals surface area contributed by atoms with Crippen LogP contribution in [0.3, 0.4) is 0 Å². The van der Waals surface area contributed by atoms with Crippen molar-refractivity contribution in [3.8, 4) is 0 Å². The van der Waals surface area contributed by atoms with E-state index in [1.807, 2.05) is 13.0 Å². The minimum Gasteiger partial charge on any atom is -0.276 e. The van der Waals surface area contributed by atoms with Crippen LogP contribution in [0, 0.1) is 12.3 Å². The van der Waals surface area contributed by atoms with Gasteiger partial charge in [0.2, 0.25) is 5.91 Å². The smallest absolute Gasteiger partial charge is 0.276 e. The van der Waals surface area contributed by atoms with Gasteiger partial charge in [-0.3, -0.25) is 14.9 Å². The van der Waals surface area contributed by atoms with Gasteiger partial charge in [0.25, 0.3) is 5.91 Å². The maximum Gasteiger partial charge on any atom is 0.335 e. The van der Waals surface area contributed by atoms with Crippen molar-refractivity contribution >= 4 is 39.5 Å². The number of barbiturate groups is 1. The fourth-order valence-electron chi connectivity index (χ4n) is 3.18. The average molecular weight is 351 g/mol. The van der Waals surface area contributed by atoms with Crippen LogP contribution in [0.4, 0.5) is 10.5 Å². The van der Waals surface area contributed by atoms with Crippen LogP contribution in [0.2, 0.25) is 0 Å². The molecule has 1 N–H and O–H groups in total. The number of rotatable bonds is 1. The first kappa shape index (κ1) is 14.3. The lowest BCUT2D eigenvalue weighted by Crippen LogP contribution is -2.63. The third-order valence-corrected chi connectivity index (χ3v) is 4.82. The Balaban J connectivity index is 2.07. The SMILES string of the molecule is Cc1cc(Br)ccc1N1C(=O)NC(=O)C2(CCCC2)C1=O. The molecule has 2 fully saturated rings. The number of anilines is 1. The molecule has 5 nitrogen and oxygen atoms in total. The molecule has 21 heavy (non-hydrogen) atoms. The second-order valence-electron chi connectivity index (χ2n) is 5.62. The number of carbonyl (C=O) groups is 3. The van der Waals surface area contributed by atoms with Crippen LogP contribution in [0.25, 0.3) is 0 Å². The second-order valence-corrected chi connectivity index (χ2v) is 6.54. The van der Waals surface area contributed by atoms with E-state index in [1.54, 1.807) is 12.1 Å². The lowest BCUT2D eigenvalue weighted by Gasteiger charge is -2.37. The van der Waals surface area contributed by atoms with Crippen LogP contribution in [-0.2, 0) is 9.59 Å². The molecule has 0 aromatic heterocycles. The number of halogens is 1. The molecule has 4 amide bonds. The Hall–Kier alpha value is -1.69. The minimum atomic E-state index is -1.06. The Morgan fingerprint density at radius 3 is 2.48 bits per heavy atom. The van der Waals surface area contributed by atoms with Crippen molar-refractivity contribution in [3.63, 3.8) is 0 Å². The molecule has 1 aliphatic heterocycles. The van der Waals surface area contributed by atoms with Crippen molar-refractivity contribution in [1.82, 2.24) is 5.32 Å². The van der Waals surface area contributed by atoms with E-state index in [0.29, 0.717) is 18.5 Å². The summed E-state index contributed by atoms with van der Waals surface area (Å²) in [6, 6.07) is 4.68. The van der Waals surface area contributed by atoms with E-state index in [-0.39, 0.29) is 5.91 Å². The lowest BCUT2D eigenvalue weighted by atomic mass is 9.82. The number of benzene rings is 1. The summed E-state index contributed by atoms with van der Waals surface area (Å²) in [5.74, 6) is -0.833. The minimum absolute atomic E-state index is 0.390. The average Bonchev–Trinajstić information content (AvgIpc) is 2.90. The second kappa shape index (κ2) is 4.94. The van der Waals surface area contributed by atoms with E-state index < -0.39 is 17.4 Å². The van der Waals surface area contributed by atoms with Gasteiger partial charge in [-0.15, -0.1) is 0 Å². The fourth-order valence-corrected chi connectivity index (χ4v) is 3.66. The van der Waals surface area contributed by atoms with E-state index >= 15 is 0 Å². The van der Waals surface area contributed by atoms with Gasteiger partial charge < -0.3 is 0 Å². The summed E-state index contributed by atoms with van der Waals surface area (Å²) >= 11 is 3.36. The predicted molar refractivity (Wildman–Crippen MR) is 80.8 cm³/mol. The molecule has 0 bridgehead atoms. The first-order valence-electron chi connectivity index (χ1n) is 6.92. The number of urea groups is 1. The number of amides is 4. The number of nitrogens with zero attached hydrogens (tertiary/aromatic N) is 1. The van der Waals surface area contributed by atoms with Crippen molar-refractivity contribution in [1.29, 1.82) is 0 Å². The highest BCUT2D eigenvalue weighted by molar-refractivity contribution is 9.10. The van der Waals surface area contributed by atoms with Gasteiger partial charge in [0.05, 0.1) is 5.69 Å². The van der Waals surface area contributed by atoms with Gasteiger partial charge in [-0.2, -0.15) is 0 Å². The first-order valence-corrected chi connectivity index (χ1v) is 7.71. The maximum absolute atomic E-state index is 12.8.